The molecule has 5 nitrogen and oxygen atoms in total. The molecule has 3 rings (SSSR count). The van der Waals surface area contributed by atoms with Crippen molar-refractivity contribution in [3.8, 4) is 17.1 Å². The quantitative estimate of drug-likeness (QED) is 0.913. The van der Waals surface area contributed by atoms with E-state index in [1.54, 1.807) is 12.1 Å². The van der Waals surface area contributed by atoms with E-state index in [1.165, 1.54) is 13.2 Å². The van der Waals surface area contributed by atoms with Crippen LogP contribution in [0.25, 0.3) is 11.4 Å². The smallest absolute Gasteiger partial charge is 0.167 e. The first-order valence-electron chi connectivity index (χ1n) is 6.22. The molecule has 1 heterocycles. The van der Waals surface area contributed by atoms with Gasteiger partial charge in [-0.25, -0.2) is 4.39 Å². The Labute approximate surface area is 110 Å². The fraction of sp³-hybridized carbons (Fsp3) is 0.385. The molecular formula is C13H15FN4O. The summed E-state index contributed by atoms with van der Waals surface area (Å²) in [4.78, 5) is 0. The van der Waals surface area contributed by atoms with Crippen LogP contribution in [0.5, 0.6) is 5.75 Å². The van der Waals surface area contributed by atoms with Gasteiger partial charge in [-0.15, -0.1) is 10.2 Å². The Bertz CT molecular complexity index is 607. The lowest BCUT2D eigenvalue weighted by Gasteiger charge is -2.09. The Kier molecular flexibility index (Phi) is 2.94. The van der Waals surface area contributed by atoms with E-state index in [4.69, 9.17) is 10.5 Å². The number of ether oxygens (including phenoxy) is 1. The largest absolute Gasteiger partial charge is 0.497 e. The summed E-state index contributed by atoms with van der Waals surface area (Å²) in [5.74, 6) is 1.37. The molecule has 1 aromatic carbocycles. The van der Waals surface area contributed by atoms with Gasteiger partial charge in [0.1, 0.15) is 17.4 Å². The first-order chi connectivity index (χ1) is 9.24. The zero-order valence-electron chi connectivity index (χ0n) is 10.6. The van der Waals surface area contributed by atoms with Crippen molar-refractivity contribution in [2.75, 3.05) is 7.11 Å². The molecule has 0 aliphatic heterocycles. The van der Waals surface area contributed by atoms with Gasteiger partial charge >= 0.3 is 0 Å². The van der Waals surface area contributed by atoms with Crippen LogP contribution in [0.4, 0.5) is 4.39 Å². The third kappa shape index (κ3) is 2.08. The van der Waals surface area contributed by atoms with Crippen LogP contribution in [-0.4, -0.2) is 21.9 Å². The standard InChI is InChI=1S/C13H15FN4O/c1-19-9-4-5-10(11(14)6-9)13-17-16-12(7-15)18(13)8-2-3-8/h4-6,8H,2-3,7,15H2,1H3. The number of methoxy groups -OCH3 is 1. The van der Waals surface area contributed by atoms with Crippen molar-refractivity contribution in [2.45, 2.75) is 25.4 Å². The lowest BCUT2D eigenvalue weighted by atomic mass is 10.2. The number of nitrogens with zero attached hydrogens (tertiary/aromatic N) is 3. The first kappa shape index (κ1) is 12.1. The molecule has 0 atom stereocenters. The molecule has 1 fully saturated rings. The molecule has 6 heteroatoms. The van der Waals surface area contributed by atoms with Crippen LogP contribution >= 0.6 is 0 Å². The second-order valence-corrected chi connectivity index (χ2v) is 4.59. The van der Waals surface area contributed by atoms with Crippen LogP contribution in [0.15, 0.2) is 18.2 Å². The van der Waals surface area contributed by atoms with E-state index in [1.807, 2.05) is 4.57 Å². The Morgan fingerprint density at radius 3 is 2.79 bits per heavy atom. The fourth-order valence-electron chi connectivity index (χ4n) is 2.17. The molecule has 1 saturated carbocycles. The van der Waals surface area contributed by atoms with E-state index < -0.39 is 0 Å². The van der Waals surface area contributed by atoms with Crippen molar-refractivity contribution < 1.29 is 9.13 Å². The number of aromatic nitrogens is 3. The second kappa shape index (κ2) is 4.62. The summed E-state index contributed by atoms with van der Waals surface area (Å²) in [5, 5.41) is 8.13. The number of hydrogen-bond donors (Lipinski definition) is 1. The highest BCUT2D eigenvalue weighted by molar-refractivity contribution is 5.58. The summed E-state index contributed by atoms with van der Waals surface area (Å²) in [6.07, 6.45) is 2.13. The lowest BCUT2D eigenvalue weighted by molar-refractivity contribution is 0.411. The Balaban J connectivity index is 2.09. The average Bonchev–Trinajstić information content (AvgIpc) is 3.18. The molecule has 2 aromatic rings. The molecule has 0 saturated heterocycles. The van der Waals surface area contributed by atoms with Gasteiger partial charge in [-0.05, 0) is 25.0 Å². The average molecular weight is 262 g/mol. The molecule has 100 valence electrons. The lowest BCUT2D eigenvalue weighted by Crippen LogP contribution is -2.08. The monoisotopic (exact) mass is 262 g/mol. The van der Waals surface area contributed by atoms with E-state index in [0.717, 1.165) is 12.8 Å². The maximum Gasteiger partial charge on any atom is 0.167 e. The Morgan fingerprint density at radius 2 is 2.21 bits per heavy atom. The van der Waals surface area contributed by atoms with Gasteiger partial charge in [0.25, 0.3) is 0 Å². The van der Waals surface area contributed by atoms with Gasteiger partial charge in [0.2, 0.25) is 0 Å². The molecular weight excluding hydrogens is 247 g/mol. The summed E-state index contributed by atoms with van der Waals surface area (Å²) >= 11 is 0. The van der Waals surface area contributed by atoms with Crippen LogP contribution < -0.4 is 10.5 Å². The molecule has 0 spiro atoms. The molecule has 1 aromatic heterocycles. The van der Waals surface area contributed by atoms with E-state index >= 15 is 0 Å². The number of halogens is 1. The van der Waals surface area contributed by atoms with Crippen molar-refractivity contribution >= 4 is 0 Å². The summed E-state index contributed by atoms with van der Waals surface area (Å²) in [6, 6.07) is 5.08. The van der Waals surface area contributed by atoms with Crippen molar-refractivity contribution in [1.82, 2.24) is 14.8 Å². The molecule has 2 N–H and O–H groups in total. The highest BCUT2D eigenvalue weighted by Gasteiger charge is 2.30. The van der Waals surface area contributed by atoms with Crippen LogP contribution in [-0.2, 0) is 6.54 Å². The highest BCUT2D eigenvalue weighted by atomic mass is 19.1. The van der Waals surface area contributed by atoms with Crippen LogP contribution in [0.2, 0.25) is 0 Å². The van der Waals surface area contributed by atoms with Gasteiger partial charge in [-0.3, -0.25) is 0 Å². The van der Waals surface area contributed by atoms with Crippen molar-refractivity contribution in [3.63, 3.8) is 0 Å². The van der Waals surface area contributed by atoms with Crippen molar-refractivity contribution in [3.05, 3.63) is 29.8 Å². The predicted octanol–water partition coefficient (Wildman–Crippen LogP) is 1.89. The van der Waals surface area contributed by atoms with Crippen LogP contribution in [0.1, 0.15) is 24.7 Å². The SMILES string of the molecule is COc1ccc(-c2nnc(CN)n2C2CC2)c(F)c1. The van der Waals surface area contributed by atoms with Gasteiger partial charge in [-0.1, -0.05) is 0 Å². The minimum atomic E-state index is -0.364. The van der Waals surface area contributed by atoms with Crippen molar-refractivity contribution in [1.29, 1.82) is 0 Å². The van der Waals surface area contributed by atoms with E-state index in [9.17, 15) is 4.39 Å². The number of rotatable bonds is 4. The van der Waals surface area contributed by atoms with E-state index in [0.29, 0.717) is 35.5 Å². The molecule has 0 amide bonds. The van der Waals surface area contributed by atoms with Gasteiger partial charge in [-0.2, -0.15) is 0 Å². The normalized spacial score (nSPS) is 14.7. The van der Waals surface area contributed by atoms with Gasteiger partial charge in [0.15, 0.2) is 5.82 Å². The third-order valence-electron chi connectivity index (χ3n) is 3.28. The summed E-state index contributed by atoms with van der Waals surface area (Å²) in [7, 11) is 1.51. The molecule has 0 unspecified atom stereocenters. The number of benzene rings is 1. The minimum Gasteiger partial charge on any atom is -0.497 e. The van der Waals surface area contributed by atoms with E-state index in [2.05, 4.69) is 10.2 Å². The fourth-order valence-corrected chi connectivity index (χ4v) is 2.17. The molecule has 0 radical (unpaired) electrons. The number of hydrogen-bond acceptors (Lipinski definition) is 4. The molecule has 1 aliphatic rings. The number of nitrogens with two attached hydrogens (primary N) is 1. The second-order valence-electron chi connectivity index (χ2n) is 4.59. The minimum absolute atomic E-state index is 0.307. The van der Waals surface area contributed by atoms with Crippen molar-refractivity contribution in [2.24, 2.45) is 5.73 Å². The Morgan fingerprint density at radius 1 is 1.42 bits per heavy atom. The van der Waals surface area contributed by atoms with Gasteiger partial charge in [0.05, 0.1) is 19.2 Å². The van der Waals surface area contributed by atoms with Crippen LogP contribution in [0.3, 0.4) is 0 Å². The summed E-state index contributed by atoms with van der Waals surface area (Å²) < 4.78 is 21.1. The molecule has 0 bridgehead atoms. The molecule has 1 aliphatic carbocycles. The topological polar surface area (TPSA) is 66.0 Å². The van der Waals surface area contributed by atoms with Gasteiger partial charge in [0, 0.05) is 12.1 Å². The summed E-state index contributed by atoms with van der Waals surface area (Å²) in [6.45, 7) is 0.307. The maximum atomic E-state index is 14.1. The van der Waals surface area contributed by atoms with E-state index in [-0.39, 0.29) is 5.82 Å². The molecule has 19 heavy (non-hydrogen) atoms. The zero-order valence-corrected chi connectivity index (χ0v) is 10.6. The highest BCUT2D eigenvalue weighted by Crippen LogP contribution is 2.39. The third-order valence-corrected chi connectivity index (χ3v) is 3.28. The van der Waals surface area contributed by atoms with Gasteiger partial charge < -0.3 is 15.0 Å². The summed E-state index contributed by atoms with van der Waals surface area (Å²) in [5.41, 5.74) is 6.08. The zero-order chi connectivity index (χ0) is 13.4. The van der Waals surface area contributed by atoms with Crippen LogP contribution in [0, 0.1) is 5.82 Å². The first-order valence-corrected chi connectivity index (χ1v) is 6.22. The Hall–Kier alpha value is -1.95. The maximum absolute atomic E-state index is 14.1. The predicted molar refractivity (Wildman–Crippen MR) is 68.1 cm³/mol.